The summed E-state index contributed by atoms with van der Waals surface area (Å²) in [7, 11) is 0. The molecule has 158 valence electrons. The van der Waals surface area contributed by atoms with Crippen LogP contribution in [0.1, 0.15) is 12.0 Å². The maximum Gasteiger partial charge on any atom is 0.487 e. The van der Waals surface area contributed by atoms with Gasteiger partial charge in [-0.05, 0) is 36.2 Å². The maximum absolute atomic E-state index is 12.7. The Morgan fingerprint density at radius 1 is 1.23 bits per heavy atom. The average Bonchev–Trinajstić information content (AvgIpc) is 2.68. The first-order chi connectivity index (χ1) is 14.2. The van der Waals surface area contributed by atoms with Gasteiger partial charge in [-0.2, -0.15) is 0 Å². The number of hydrogen-bond donors (Lipinski definition) is 0. The highest BCUT2D eigenvalue weighted by atomic mass is 35.5. The number of thioether (sulfide) groups is 1. The Labute approximate surface area is 180 Å². The van der Waals surface area contributed by atoms with E-state index in [1.165, 1.54) is 29.2 Å². The Hall–Kier alpha value is -2.65. The number of carboxylic acids is 1. The number of carboxylic acid groups (broad SMARTS) is 1. The van der Waals surface area contributed by atoms with Gasteiger partial charge in [-0.15, -0.1) is 8.78 Å². The van der Waals surface area contributed by atoms with Crippen molar-refractivity contribution < 1.29 is 28.2 Å². The van der Waals surface area contributed by atoms with Crippen molar-refractivity contribution in [1.82, 2.24) is 4.90 Å². The number of amidine groups is 1. The summed E-state index contributed by atoms with van der Waals surface area (Å²) in [6.45, 7) is 0.314. The monoisotopic (exact) mass is 453 g/mol. The largest absolute Gasteiger partial charge is 0.549 e. The van der Waals surface area contributed by atoms with Crippen molar-refractivity contribution in [2.75, 3.05) is 6.54 Å². The van der Waals surface area contributed by atoms with Gasteiger partial charge < -0.3 is 14.6 Å². The van der Waals surface area contributed by atoms with E-state index in [0.29, 0.717) is 18.7 Å². The number of rotatable bonds is 7. The normalized spacial score (nSPS) is 18.5. The second-order valence-electron chi connectivity index (χ2n) is 6.35. The zero-order chi connectivity index (χ0) is 21.7. The molecule has 1 aliphatic heterocycles. The lowest BCUT2D eigenvalue weighted by Gasteiger charge is -2.32. The van der Waals surface area contributed by atoms with Crippen LogP contribution in [0.25, 0.3) is 0 Å². The molecule has 6 nitrogen and oxygen atoms in total. The molecule has 0 aromatic heterocycles. The van der Waals surface area contributed by atoms with Gasteiger partial charge in [0.05, 0.1) is 16.9 Å². The Bertz CT molecular complexity index is 936. The first kappa shape index (κ1) is 22.0. The molecule has 1 fully saturated rings. The van der Waals surface area contributed by atoms with Crippen molar-refractivity contribution in [2.45, 2.75) is 23.7 Å². The third-order valence-electron chi connectivity index (χ3n) is 4.16. The number of aliphatic carboxylic acids is 1. The SMILES string of the molecule is O=C([O-])[C@@H]1CC(=O)N(CCc2ccccc2)C(=Nc2ccc(OC(F)(F)Cl)cc2)S1. The second kappa shape index (κ2) is 9.44. The number of hydrogen-bond acceptors (Lipinski definition) is 6. The van der Waals surface area contributed by atoms with Gasteiger partial charge in [-0.25, -0.2) is 4.99 Å². The zero-order valence-corrected chi connectivity index (χ0v) is 17.0. The lowest BCUT2D eigenvalue weighted by atomic mass is 10.1. The van der Waals surface area contributed by atoms with Crippen molar-refractivity contribution in [2.24, 2.45) is 4.99 Å². The highest BCUT2D eigenvalue weighted by Gasteiger charge is 2.32. The van der Waals surface area contributed by atoms with Crippen LogP contribution in [0.3, 0.4) is 0 Å². The molecule has 3 rings (SSSR count). The van der Waals surface area contributed by atoms with Crippen LogP contribution in [0.2, 0.25) is 0 Å². The first-order valence-corrected chi connectivity index (χ1v) is 10.1. The Morgan fingerprint density at radius 2 is 1.90 bits per heavy atom. The molecule has 1 amide bonds. The maximum atomic E-state index is 12.7. The molecule has 0 saturated carbocycles. The third-order valence-corrected chi connectivity index (χ3v) is 5.41. The Balaban J connectivity index is 1.81. The summed E-state index contributed by atoms with van der Waals surface area (Å²) in [6.07, 6.45) is 0.359. The van der Waals surface area contributed by atoms with Gasteiger partial charge in [-0.3, -0.25) is 9.69 Å². The minimum atomic E-state index is -3.84. The highest BCUT2D eigenvalue weighted by molar-refractivity contribution is 8.15. The lowest BCUT2D eigenvalue weighted by molar-refractivity contribution is -0.304. The molecule has 0 aliphatic carbocycles. The summed E-state index contributed by atoms with van der Waals surface area (Å²) in [5.41, 5.74) is -2.49. The van der Waals surface area contributed by atoms with Crippen LogP contribution in [0.15, 0.2) is 59.6 Å². The summed E-state index contributed by atoms with van der Waals surface area (Å²) >= 11 is 5.65. The number of nitrogens with zero attached hydrogens (tertiary/aromatic N) is 2. The van der Waals surface area contributed by atoms with Crippen LogP contribution in [0.4, 0.5) is 14.5 Å². The molecular weight excluding hydrogens is 438 g/mol. The smallest absolute Gasteiger partial charge is 0.487 e. The van der Waals surface area contributed by atoms with Crippen molar-refractivity contribution in [3.63, 3.8) is 0 Å². The summed E-state index contributed by atoms with van der Waals surface area (Å²) in [6, 6.07) is 14.8. The summed E-state index contributed by atoms with van der Waals surface area (Å²) in [5.74, 6) is -1.89. The van der Waals surface area contributed by atoms with Gasteiger partial charge in [0, 0.05) is 24.6 Å². The molecule has 1 aliphatic rings. The van der Waals surface area contributed by atoms with Crippen molar-refractivity contribution in [1.29, 1.82) is 0 Å². The number of aliphatic imine (C=N–C) groups is 1. The minimum absolute atomic E-state index is 0.167. The topological polar surface area (TPSA) is 82.0 Å². The number of ether oxygens (including phenoxy) is 1. The van der Waals surface area contributed by atoms with E-state index >= 15 is 0 Å². The number of amides is 1. The van der Waals surface area contributed by atoms with Gasteiger partial charge in [0.1, 0.15) is 5.75 Å². The van der Waals surface area contributed by atoms with Gasteiger partial charge in [0.2, 0.25) is 5.91 Å². The number of halogens is 3. The average molecular weight is 454 g/mol. The molecule has 1 saturated heterocycles. The highest BCUT2D eigenvalue weighted by Crippen LogP contribution is 2.31. The van der Waals surface area contributed by atoms with E-state index in [4.69, 9.17) is 11.6 Å². The van der Waals surface area contributed by atoms with Crippen LogP contribution in [-0.4, -0.2) is 39.3 Å². The van der Waals surface area contributed by atoms with Crippen LogP contribution in [0, 0.1) is 0 Å². The summed E-state index contributed by atoms with van der Waals surface area (Å²) in [4.78, 5) is 29.6. The molecule has 0 radical (unpaired) electrons. The van der Waals surface area contributed by atoms with E-state index in [-0.39, 0.29) is 23.2 Å². The fourth-order valence-electron chi connectivity index (χ4n) is 2.76. The molecular formula is C20H16ClF2N2O4S-. The minimum Gasteiger partial charge on any atom is -0.549 e. The van der Waals surface area contributed by atoms with Crippen LogP contribution < -0.4 is 9.84 Å². The fraction of sp³-hybridized carbons (Fsp3) is 0.250. The molecule has 1 heterocycles. The molecule has 2 aromatic carbocycles. The van der Waals surface area contributed by atoms with Gasteiger partial charge in [-0.1, -0.05) is 42.1 Å². The molecule has 1 atom stereocenters. The van der Waals surface area contributed by atoms with Gasteiger partial charge in [0.15, 0.2) is 5.17 Å². The lowest BCUT2D eigenvalue weighted by Crippen LogP contribution is -2.48. The Kier molecular flexibility index (Phi) is 6.94. The van der Waals surface area contributed by atoms with Gasteiger partial charge >= 0.3 is 5.57 Å². The number of carbonyl (C=O) groups excluding carboxylic acids is 2. The van der Waals surface area contributed by atoms with E-state index in [0.717, 1.165) is 17.3 Å². The van der Waals surface area contributed by atoms with Crippen molar-refractivity contribution in [3.05, 3.63) is 60.2 Å². The molecule has 30 heavy (non-hydrogen) atoms. The van der Waals surface area contributed by atoms with E-state index in [1.54, 1.807) is 0 Å². The quantitative estimate of drug-likeness (QED) is 0.601. The van der Waals surface area contributed by atoms with E-state index < -0.39 is 16.8 Å². The number of benzene rings is 2. The fourth-order valence-corrected chi connectivity index (χ4v) is 3.91. The Morgan fingerprint density at radius 3 is 2.50 bits per heavy atom. The molecule has 2 aromatic rings. The van der Waals surface area contributed by atoms with E-state index in [1.807, 2.05) is 30.3 Å². The summed E-state index contributed by atoms with van der Waals surface area (Å²) < 4.78 is 29.7. The standard InChI is InChI=1S/C20H17ClF2N2O4S/c21-20(22,23)29-15-8-6-14(7-9-15)24-19-25(11-10-13-4-2-1-3-5-13)17(26)12-16(30-19)18(27)28/h1-9,16H,10-12H2,(H,27,28)/p-1/t16-/m0/s1. The van der Waals surface area contributed by atoms with Crippen LogP contribution in [-0.2, 0) is 16.0 Å². The molecule has 10 heteroatoms. The van der Waals surface area contributed by atoms with E-state index in [2.05, 4.69) is 9.73 Å². The second-order valence-corrected chi connectivity index (χ2v) is 7.96. The molecule has 0 unspecified atom stereocenters. The predicted octanol–water partition coefficient (Wildman–Crippen LogP) is 3.17. The van der Waals surface area contributed by atoms with Crippen molar-refractivity contribution in [3.8, 4) is 5.75 Å². The number of alkyl halides is 3. The van der Waals surface area contributed by atoms with Crippen LogP contribution >= 0.6 is 23.4 Å². The molecule has 0 spiro atoms. The third kappa shape index (κ3) is 6.17. The zero-order valence-electron chi connectivity index (χ0n) is 15.5. The van der Waals surface area contributed by atoms with E-state index in [9.17, 15) is 23.5 Å². The van der Waals surface area contributed by atoms with Gasteiger partial charge in [0.25, 0.3) is 0 Å². The molecule has 0 bridgehead atoms. The van der Waals surface area contributed by atoms with Crippen molar-refractivity contribution >= 4 is 46.1 Å². The molecule has 0 N–H and O–H groups in total. The predicted molar refractivity (Wildman–Crippen MR) is 108 cm³/mol. The first-order valence-electron chi connectivity index (χ1n) is 8.87. The summed E-state index contributed by atoms with van der Waals surface area (Å²) in [5, 5.41) is 10.5. The van der Waals surface area contributed by atoms with Crippen LogP contribution in [0.5, 0.6) is 5.75 Å². The number of carbonyl (C=O) groups is 2.